The van der Waals surface area contributed by atoms with Gasteiger partial charge in [0.15, 0.2) is 5.78 Å². The van der Waals surface area contributed by atoms with Crippen LogP contribution < -0.4 is 5.73 Å². The summed E-state index contributed by atoms with van der Waals surface area (Å²) in [6, 6.07) is 13.7. The molecule has 0 bridgehead atoms. The average molecular weight is 255 g/mol. The van der Waals surface area contributed by atoms with Gasteiger partial charge in [0, 0.05) is 5.56 Å². The van der Waals surface area contributed by atoms with E-state index in [1.54, 1.807) is 36.4 Å². The third kappa shape index (κ3) is 2.86. The van der Waals surface area contributed by atoms with Crippen molar-refractivity contribution in [1.29, 1.82) is 0 Å². The molecule has 4 nitrogen and oxygen atoms in total. The number of rotatable bonds is 4. The molecule has 0 aliphatic carbocycles. The Balaban J connectivity index is 2.27. The van der Waals surface area contributed by atoms with Gasteiger partial charge in [-0.1, -0.05) is 36.4 Å². The molecule has 2 rings (SSSR count). The zero-order valence-corrected chi connectivity index (χ0v) is 10.2. The van der Waals surface area contributed by atoms with Crippen LogP contribution in [0.4, 0.5) is 0 Å². The van der Waals surface area contributed by atoms with Gasteiger partial charge in [0.2, 0.25) is 0 Å². The van der Waals surface area contributed by atoms with Crippen molar-refractivity contribution in [3.63, 3.8) is 0 Å². The van der Waals surface area contributed by atoms with E-state index in [0.29, 0.717) is 5.56 Å². The Morgan fingerprint density at radius 2 is 1.26 bits per heavy atom. The van der Waals surface area contributed by atoms with Crippen LogP contribution in [0.25, 0.3) is 11.1 Å². The standard InChI is InChI=1S/C15H13NO3/c16-9-14(17)12-5-1-10(2-6-12)11-3-7-13(8-4-11)15(18)19/h1-8H,9,16H2,(H,18,19). The molecule has 4 heteroatoms. The van der Waals surface area contributed by atoms with Crippen LogP contribution in [0.15, 0.2) is 48.5 Å². The van der Waals surface area contributed by atoms with E-state index in [2.05, 4.69) is 0 Å². The van der Waals surface area contributed by atoms with Gasteiger partial charge in [0.25, 0.3) is 0 Å². The summed E-state index contributed by atoms with van der Waals surface area (Å²) < 4.78 is 0. The second kappa shape index (κ2) is 5.46. The fraction of sp³-hybridized carbons (Fsp3) is 0.0667. The van der Waals surface area contributed by atoms with Crippen LogP contribution in [-0.4, -0.2) is 23.4 Å². The predicted molar refractivity (Wildman–Crippen MR) is 72.2 cm³/mol. The summed E-state index contributed by atoms with van der Waals surface area (Å²) >= 11 is 0. The van der Waals surface area contributed by atoms with E-state index in [4.69, 9.17) is 10.8 Å². The lowest BCUT2D eigenvalue weighted by molar-refractivity contribution is 0.0696. The highest BCUT2D eigenvalue weighted by Crippen LogP contribution is 2.20. The molecular weight excluding hydrogens is 242 g/mol. The Kier molecular flexibility index (Phi) is 3.73. The van der Waals surface area contributed by atoms with Crippen molar-refractivity contribution in [1.82, 2.24) is 0 Å². The quantitative estimate of drug-likeness (QED) is 0.821. The van der Waals surface area contributed by atoms with Crippen LogP contribution in [0.5, 0.6) is 0 Å². The van der Waals surface area contributed by atoms with Crippen molar-refractivity contribution >= 4 is 11.8 Å². The van der Waals surface area contributed by atoms with Gasteiger partial charge in [-0.05, 0) is 23.3 Å². The second-order valence-electron chi connectivity index (χ2n) is 4.09. The van der Waals surface area contributed by atoms with Crippen LogP contribution in [0, 0.1) is 0 Å². The minimum atomic E-state index is -0.949. The molecule has 0 radical (unpaired) electrons. The predicted octanol–water partition coefficient (Wildman–Crippen LogP) is 2.19. The number of Topliss-reactive ketones (excluding diaryl/α,β-unsaturated/α-hetero) is 1. The maximum Gasteiger partial charge on any atom is 0.335 e. The van der Waals surface area contributed by atoms with Crippen molar-refractivity contribution < 1.29 is 14.7 Å². The number of benzene rings is 2. The zero-order valence-electron chi connectivity index (χ0n) is 10.2. The van der Waals surface area contributed by atoms with Crippen molar-refractivity contribution in [2.24, 2.45) is 5.73 Å². The summed E-state index contributed by atoms with van der Waals surface area (Å²) in [5.74, 6) is -1.05. The Labute approximate surface area is 110 Å². The lowest BCUT2D eigenvalue weighted by Gasteiger charge is -2.04. The van der Waals surface area contributed by atoms with E-state index >= 15 is 0 Å². The fourth-order valence-electron chi connectivity index (χ4n) is 1.77. The maximum absolute atomic E-state index is 11.4. The van der Waals surface area contributed by atoms with Crippen LogP contribution in [0.1, 0.15) is 20.7 Å². The van der Waals surface area contributed by atoms with Gasteiger partial charge < -0.3 is 10.8 Å². The van der Waals surface area contributed by atoms with Gasteiger partial charge in [0.05, 0.1) is 12.1 Å². The number of carbonyl (C=O) groups excluding carboxylic acids is 1. The highest BCUT2D eigenvalue weighted by atomic mass is 16.4. The molecule has 0 aliphatic rings. The van der Waals surface area contributed by atoms with Crippen LogP contribution in [0.2, 0.25) is 0 Å². The van der Waals surface area contributed by atoms with Crippen LogP contribution >= 0.6 is 0 Å². The first-order valence-electron chi connectivity index (χ1n) is 5.79. The molecule has 0 spiro atoms. The summed E-state index contributed by atoms with van der Waals surface area (Å²) in [6.45, 7) is -0.00729. The smallest absolute Gasteiger partial charge is 0.335 e. The molecule has 0 aliphatic heterocycles. The van der Waals surface area contributed by atoms with Gasteiger partial charge in [-0.25, -0.2) is 4.79 Å². The van der Waals surface area contributed by atoms with Crippen LogP contribution in [-0.2, 0) is 0 Å². The fourth-order valence-corrected chi connectivity index (χ4v) is 1.77. The summed E-state index contributed by atoms with van der Waals surface area (Å²) in [7, 11) is 0. The molecular formula is C15H13NO3. The highest BCUT2D eigenvalue weighted by molar-refractivity contribution is 5.97. The summed E-state index contributed by atoms with van der Waals surface area (Å²) in [6.07, 6.45) is 0. The highest BCUT2D eigenvalue weighted by Gasteiger charge is 2.05. The molecule has 0 saturated heterocycles. The molecule has 0 amide bonds. The number of hydrogen-bond acceptors (Lipinski definition) is 3. The van der Waals surface area contributed by atoms with Gasteiger partial charge in [-0.15, -0.1) is 0 Å². The normalized spacial score (nSPS) is 10.2. The SMILES string of the molecule is NCC(=O)c1ccc(-c2ccc(C(=O)O)cc2)cc1. The van der Waals surface area contributed by atoms with Crippen molar-refractivity contribution in [3.05, 3.63) is 59.7 Å². The van der Waals surface area contributed by atoms with E-state index in [-0.39, 0.29) is 17.9 Å². The van der Waals surface area contributed by atoms with Gasteiger partial charge in [-0.3, -0.25) is 4.79 Å². The summed E-state index contributed by atoms with van der Waals surface area (Å²) in [5.41, 5.74) is 7.94. The minimum Gasteiger partial charge on any atom is -0.478 e. The van der Waals surface area contributed by atoms with Crippen molar-refractivity contribution in [3.8, 4) is 11.1 Å². The lowest BCUT2D eigenvalue weighted by atomic mass is 10.0. The Morgan fingerprint density at radius 3 is 1.63 bits per heavy atom. The summed E-state index contributed by atoms with van der Waals surface area (Å²) in [5, 5.41) is 8.82. The van der Waals surface area contributed by atoms with E-state index in [1.165, 1.54) is 0 Å². The summed E-state index contributed by atoms with van der Waals surface area (Å²) in [4.78, 5) is 22.1. The van der Waals surface area contributed by atoms with E-state index in [1.807, 2.05) is 12.1 Å². The van der Waals surface area contributed by atoms with Gasteiger partial charge in [0.1, 0.15) is 0 Å². The Morgan fingerprint density at radius 1 is 0.842 bits per heavy atom. The first-order chi connectivity index (χ1) is 9.11. The molecule has 0 unspecified atom stereocenters. The Hall–Kier alpha value is -2.46. The van der Waals surface area contributed by atoms with E-state index < -0.39 is 5.97 Å². The third-order valence-corrected chi connectivity index (χ3v) is 2.86. The molecule has 19 heavy (non-hydrogen) atoms. The Bertz CT molecular complexity index is 600. The molecule has 0 saturated carbocycles. The van der Waals surface area contributed by atoms with Crippen molar-refractivity contribution in [2.75, 3.05) is 6.54 Å². The lowest BCUT2D eigenvalue weighted by Crippen LogP contribution is -2.13. The molecule has 0 atom stereocenters. The third-order valence-electron chi connectivity index (χ3n) is 2.86. The average Bonchev–Trinajstić information content (AvgIpc) is 2.46. The molecule has 0 aromatic heterocycles. The van der Waals surface area contributed by atoms with Crippen molar-refractivity contribution in [2.45, 2.75) is 0 Å². The number of aromatic carboxylic acids is 1. The monoisotopic (exact) mass is 255 g/mol. The second-order valence-corrected chi connectivity index (χ2v) is 4.09. The maximum atomic E-state index is 11.4. The molecule has 96 valence electrons. The van der Waals surface area contributed by atoms with Gasteiger partial charge in [-0.2, -0.15) is 0 Å². The first kappa shape index (κ1) is 13.0. The molecule has 0 heterocycles. The number of nitrogens with two attached hydrogens (primary N) is 1. The molecule has 0 fully saturated rings. The topological polar surface area (TPSA) is 80.4 Å². The first-order valence-corrected chi connectivity index (χ1v) is 5.79. The zero-order chi connectivity index (χ0) is 13.8. The number of carbonyl (C=O) groups is 2. The number of ketones is 1. The van der Waals surface area contributed by atoms with E-state index in [0.717, 1.165) is 11.1 Å². The number of carboxylic acid groups (broad SMARTS) is 1. The number of carboxylic acids is 1. The minimum absolute atomic E-state index is 0.00729. The van der Waals surface area contributed by atoms with E-state index in [9.17, 15) is 9.59 Å². The van der Waals surface area contributed by atoms with Gasteiger partial charge >= 0.3 is 5.97 Å². The molecule has 2 aromatic carbocycles. The molecule has 2 aromatic rings. The molecule has 3 N–H and O–H groups in total. The van der Waals surface area contributed by atoms with Crippen LogP contribution in [0.3, 0.4) is 0 Å². The largest absolute Gasteiger partial charge is 0.478 e. The number of hydrogen-bond donors (Lipinski definition) is 2.